The molecular weight excluding hydrogens is 186 g/mol. The Balaban J connectivity index is 4.32. The maximum absolute atomic E-state index is 11.2. The number of hydrogen-bond acceptors (Lipinski definition) is 3. The molecule has 0 spiro atoms. The van der Waals surface area contributed by atoms with E-state index in [1.54, 1.807) is 21.0 Å². The van der Waals surface area contributed by atoms with Crippen LogP contribution in [0.5, 0.6) is 0 Å². The van der Waals surface area contributed by atoms with Gasteiger partial charge >= 0.3 is 12.0 Å². The van der Waals surface area contributed by atoms with Crippen LogP contribution in [-0.2, 0) is 4.79 Å². The van der Waals surface area contributed by atoms with Crippen molar-refractivity contribution in [3.63, 3.8) is 0 Å². The maximum Gasteiger partial charge on any atom is 0.330 e. The molecule has 0 aromatic carbocycles. The topological polar surface area (TPSA) is 81.7 Å². The van der Waals surface area contributed by atoms with Gasteiger partial charge in [-0.05, 0) is 13.3 Å². The molecule has 0 bridgehead atoms. The van der Waals surface area contributed by atoms with Gasteiger partial charge in [-0.25, -0.2) is 14.6 Å². The third-order valence-electron chi connectivity index (χ3n) is 1.89. The van der Waals surface area contributed by atoms with Crippen molar-refractivity contribution in [3.05, 3.63) is 0 Å². The summed E-state index contributed by atoms with van der Waals surface area (Å²) in [5.74, 6) is -1.05. The van der Waals surface area contributed by atoms with Gasteiger partial charge in [0.05, 0.1) is 0 Å². The van der Waals surface area contributed by atoms with Gasteiger partial charge in [-0.15, -0.1) is 0 Å². The fraction of sp³-hybridized carbons (Fsp3) is 0.750. The second-order valence-electron chi connectivity index (χ2n) is 3.45. The molecule has 0 aliphatic heterocycles. The highest BCUT2D eigenvalue weighted by molar-refractivity contribution is 5.85. The van der Waals surface area contributed by atoms with Gasteiger partial charge in [0, 0.05) is 14.1 Å². The summed E-state index contributed by atoms with van der Waals surface area (Å²) < 4.78 is 0. The summed E-state index contributed by atoms with van der Waals surface area (Å²) in [6.45, 7) is 3.16. The van der Waals surface area contributed by atoms with Crippen LogP contribution in [0.2, 0.25) is 0 Å². The maximum atomic E-state index is 11.2. The zero-order chi connectivity index (χ0) is 11.4. The minimum Gasteiger partial charge on any atom is -0.480 e. The molecule has 0 saturated carbocycles. The molecule has 0 aliphatic carbocycles. The first kappa shape index (κ1) is 12.7. The molecule has 6 nitrogen and oxygen atoms in total. The van der Waals surface area contributed by atoms with Gasteiger partial charge in [0.25, 0.3) is 0 Å². The smallest absolute Gasteiger partial charge is 0.330 e. The number of aliphatic carboxylic acids is 1. The summed E-state index contributed by atoms with van der Waals surface area (Å²) in [4.78, 5) is 22.0. The van der Waals surface area contributed by atoms with Gasteiger partial charge in [0.2, 0.25) is 0 Å². The number of carboxylic acid groups (broad SMARTS) is 1. The van der Waals surface area contributed by atoms with Gasteiger partial charge in [-0.2, -0.15) is 0 Å². The summed E-state index contributed by atoms with van der Waals surface area (Å²) >= 11 is 0. The van der Waals surface area contributed by atoms with E-state index < -0.39 is 17.5 Å². The lowest BCUT2D eigenvalue weighted by Crippen LogP contribution is -2.56. The number of urea groups is 1. The lowest BCUT2D eigenvalue weighted by atomic mass is 10.00. The molecule has 0 rings (SSSR count). The number of nitrogens with zero attached hydrogens (tertiary/aromatic N) is 1. The highest BCUT2D eigenvalue weighted by Gasteiger charge is 2.32. The first-order valence-corrected chi connectivity index (χ1v) is 4.31. The molecular formula is C8H17N3O3. The van der Waals surface area contributed by atoms with E-state index in [0.29, 0.717) is 6.42 Å². The number of amides is 2. The Bertz CT molecular complexity index is 230. The number of carbonyl (C=O) groups excluding carboxylic acids is 1. The number of hydrogen-bond donors (Lipinski definition) is 3. The van der Waals surface area contributed by atoms with Crippen LogP contribution in [0.15, 0.2) is 0 Å². The Hall–Kier alpha value is -1.30. The molecule has 0 fully saturated rings. The number of rotatable bonds is 4. The summed E-state index contributed by atoms with van der Waals surface area (Å²) in [7, 11) is 3.28. The normalized spacial score (nSPS) is 14.6. The summed E-state index contributed by atoms with van der Waals surface area (Å²) in [6.07, 6.45) is 0.323. The van der Waals surface area contributed by atoms with Crippen LogP contribution in [0.25, 0.3) is 0 Å². The molecule has 0 aromatic heterocycles. The highest BCUT2D eigenvalue weighted by atomic mass is 16.4. The van der Waals surface area contributed by atoms with Gasteiger partial charge in [0.15, 0.2) is 0 Å². The fourth-order valence-corrected chi connectivity index (χ4v) is 0.775. The predicted octanol–water partition coefficient (Wildman–Crippen LogP) is 0.0155. The van der Waals surface area contributed by atoms with Crippen molar-refractivity contribution < 1.29 is 14.7 Å². The number of nitrogens with one attached hydrogen (secondary N) is 2. The molecule has 0 aromatic rings. The van der Waals surface area contributed by atoms with E-state index in [-0.39, 0.29) is 0 Å². The Labute approximate surface area is 83.2 Å². The third-order valence-corrected chi connectivity index (χ3v) is 1.89. The minimum atomic E-state index is -1.22. The zero-order valence-corrected chi connectivity index (χ0v) is 8.92. The zero-order valence-electron chi connectivity index (χ0n) is 8.92. The molecule has 14 heavy (non-hydrogen) atoms. The Morgan fingerprint density at radius 2 is 1.93 bits per heavy atom. The van der Waals surface area contributed by atoms with E-state index >= 15 is 0 Å². The van der Waals surface area contributed by atoms with Gasteiger partial charge in [-0.1, -0.05) is 6.92 Å². The van der Waals surface area contributed by atoms with Gasteiger partial charge in [0.1, 0.15) is 5.54 Å². The lowest BCUT2D eigenvalue weighted by Gasteiger charge is -2.25. The van der Waals surface area contributed by atoms with Crippen molar-refractivity contribution in [1.82, 2.24) is 15.8 Å². The molecule has 1 atom stereocenters. The quantitative estimate of drug-likeness (QED) is 0.562. The van der Waals surface area contributed by atoms with Gasteiger partial charge < -0.3 is 10.4 Å². The van der Waals surface area contributed by atoms with Crippen LogP contribution in [-0.4, -0.2) is 41.8 Å². The van der Waals surface area contributed by atoms with E-state index in [0.717, 1.165) is 0 Å². The van der Waals surface area contributed by atoms with Gasteiger partial charge in [-0.3, -0.25) is 5.43 Å². The van der Waals surface area contributed by atoms with Crippen LogP contribution in [0.1, 0.15) is 20.3 Å². The van der Waals surface area contributed by atoms with Crippen LogP contribution in [0, 0.1) is 0 Å². The summed E-state index contributed by atoms with van der Waals surface area (Å²) in [5, 5.41) is 12.7. The first-order valence-electron chi connectivity index (χ1n) is 4.31. The second kappa shape index (κ2) is 4.80. The van der Waals surface area contributed by atoms with E-state index in [4.69, 9.17) is 5.11 Å². The number of carbonyl (C=O) groups is 2. The largest absolute Gasteiger partial charge is 0.480 e. The molecule has 1 unspecified atom stereocenters. The van der Waals surface area contributed by atoms with Crippen LogP contribution >= 0.6 is 0 Å². The monoisotopic (exact) mass is 203 g/mol. The predicted molar refractivity (Wildman–Crippen MR) is 51.7 cm³/mol. The van der Waals surface area contributed by atoms with E-state index in [9.17, 15) is 9.59 Å². The van der Waals surface area contributed by atoms with Crippen LogP contribution in [0.4, 0.5) is 4.79 Å². The van der Waals surface area contributed by atoms with E-state index in [1.165, 1.54) is 11.9 Å². The molecule has 2 amide bonds. The summed E-state index contributed by atoms with van der Waals surface area (Å²) in [5.41, 5.74) is 1.19. The lowest BCUT2D eigenvalue weighted by molar-refractivity contribution is -0.143. The molecule has 3 N–H and O–H groups in total. The molecule has 0 aliphatic rings. The minimum absolute atomic E-state index is 0.323. The van der Waals surface area contributed by atoms with Crippen molar-refractivity contribution in [2.45, 2.75) is 25.8 Å². The molecule has 0 saturated heterocycles. The van der Waals surface area contributed by atoms with Crippen LogP contribution in [0.3, 0.4) is 0 Å². The molecule has 6 heteroatoms. The highest BCUT2D eigenvalue weighted by Crippen LogP contribution is 2.08. The number of hydrazine groups is 1. The Kier molecular flexibility index (Phi) is 4.36. The molecule has 0 radical (unpaired) electrons. The number of carboxylic acids is 1. The van der Waals surface area contributed by atoms with Crippen molar-refractivity contribution in [1.29, 1.82) is 0 Å². The summed E-state index contributed by atoms with van der Waals surface area (Å²) in [6, 6.07) is -0.526. The average molecular weight is 203 g/mol. The van der Waals surface area contributed by atoms with Crippen LogP contribution < -0.4 is 10.7 Å². The second-order valence-corrected chi connectivity index (χ2v) is 3.45. The fourth-order valence-electron chi connectivity index (χ4n) is 0.775. The van der Waals surface area contributed by atoms with E-state index in [2.05, 4.69) is 10.7 Å². The molecule has 82 valence electrons. The average Bonchev–Trinajstić information content (AvgIpc) is 2.01. The standard InChI is InChI=1S/C8H17N3O3/c1-5-8(2,6(12)13)9-7(14)10-11(3)4/h5H2,1-4H3,(H,12,13)(H2,9,10,14). The van der Waals surface area contributed by atoms with Crippen molar-refractivity contribution >= 4 is 12.0 Å². The van der Waals surface area contributed by atoms with Crippen molar-refractivity contribution in [2.24, 2.45) is 0 Å². The SMILES string of the molecule is CCC(C)(NC(=O)NN(C)C)C(=O)O. The Morgan fingerprint density at radius 1 is 1.43 bits per heavy atom. The first-order chi connectivity index (χ1) is 6.31. The molecule has 0 heterocycles. The third kappa shape index (κ3) is 3.61. The Morgan fingerprint density at radius 3 is 2.21 bits per heavy atom. The van der Waals surface area contributed by atoms with Crippen molar-refractivity contribution in [3.8, 4) is 0 Å². The van der Waals surface area contributed by atoms with E-state index in [1.807, 2.05) is 0 Å². The van der Waals surface area contributed by atoms with Crippen molar-refractivity contribution in [2.75, 3.05) is 14.1 Å².